The van der Waals surface area contributed by atoms with E-state index in [1.807, 2.05) is 12.1 Å². The molecule has 1 aromatic carbocycles. The van der Waals surface area contributed by atoms with E-state index in [2.05, 4.69) is 32.9 Å². The Morgan fingerprint density at radius 3 is 2.69 bits per heavy atom. The third-order valence-electron chi connectivity index (χ3n) is 4.70. The lowest BCUT2D eigenvalue weighted by molar-refractivity contribution is -0.111. The summed E-state index contributed by atoms with van der Waals surface area (Å²) in [6.07, 6.45) is 3.00. The van der Waals surface area contributed by atoms with Gasteiger partial charge in [0.25, 0.3) is 5.56 Å². The maximum atomic E-state index is 13.0. The first kappa shape index (κ1) is 20.3. The predicted octanol–water partition coefficient (Wildman–Crippen LogP) is -0.377. The van der Waals surface area contributed by atoms with Gasteiger partial charge in [-0.3, -0.25) is 19.5 Å². The van der Waals surface area contributed by atoms with E-state index in [1.54, 1.807) is 13.1 Å². The standard InChI is InChI=1S/C19H25N7O3/c1-12-10-23-17(24-15-8-13-4-2-3-5-14(13)9-15)18(28)26(12)16(11-27)22-6-7-29-25-19(20)21/h2-5,10-11,15-16,22H,6-9H2,1H3,(H,23,24)(H4,20,21,25). The number of nitrogens with zero attached hydrogens (tertiary/aromatic N) is 3. The molecule has 1 atom stereocenters. The zero-order valence-corrected chi connectivity index (χ0v) is 16.2. The Kier molecular flexibility index (Phi) is 6.45. The molecule has 0 radical (unpaired) electrons. The number of carbonyl (C=O) groups excluding carboxylic acids is 1. The summed E-state index contributed by atoms with van der Waals surface area (Å²) in [5, 5.41) is 9.57. The van der Waals surface area contributed by atoms with Gasteiger partial charge in [0, 0.05) is 24.5 Å². The molecule has 0 bridgehead atoms. The normalized spacial score (nSPS) is 14.1. The number of hydrogen-bond acceptors (Lipinski definition) is 7. The van der Waals surface area contributed by atoms with Gasteiger partial charge in [0.15, 0.2) is 12.1 Å². The summed E-state index contributed by atoms with van der Waals surface area (Å²) in [4.78, 5) is 33.7. The smallest absolute Gasteiger partial charge is 0.295 e. The van der Waals surface area contributed by atoms with E-state index in [9.17, 15) is 9.59 Å². The second kappa shape index (κ2) is 9.20. The van der Waals surface area contributed by atoms with Crippen LogP contribution in [0.3, 0.4) is 0 Å². The van der Waals surface area contributed by atoms with E-state index in [0.29, 0.717) is 12.0 Å². The molecule has 1 aliphatic carbocycles. The fourth-order valence-corrected chi connectivity index (χ4v) is 3.42. The van der Waals surface area contributed by atoms with Crippen LogP contribution in [0.15, 0.2) is 40.4 Å². The molecule has 0 saturated heterocycles. The number of nitrogens with two attached hydrogens (primary N) is 2. The quantitative estimate of drug-likeness (QED) is 0.147. The summed E-state index contributed by atoms with van der Waals surface area (Å²) >= 11 is 0. The molecule has 6 N–H and O–H groups in total. The summed E-state index contributed by atoms with van der Waals surface area (Å²) < 4.78 is 1.37. The van der Waals surface area contributed by atoms with Crippen molar-refractivity contribution >= 4 is 18.1 Å². The van der Waals surface area contributed by atoms with Crippen molar-refractivity contribution in [3.05, 3.63) is 57.6 Å². The molecule has 0 fully saturated rings. The van der Waals surface area contributed by atoms with E-state index < -0.39 is 6.17 Å². The van der Waals surface area contributed by atoms with Crippen LogP contribution in [0.1, 0.15) is 23.0 Å². The van der Waals surface area contributed by atoms with Gasteiger partial charge in [-0.15, -0.1) is 0 Å². The highest BCUT2D eigenvalue weighted by molar-refractivity contribution is 5.74. The summed E-state index contributed by atoms with van der Waals surface area (Å²) in [5.41, 5.74) is 13.1. The van der Waals surface area contributed by atoms with Gasteiger partial charge in [-0.25, -0.2) is 4.98 Å². The second-order valence-corrected chi connectivity index (χ2v) is 6.83. The lowest BCUT2D eigenvalue weighted by Crippen LogP contribution is -2.40. The van der Waals surface area contributed by atoms with Gasteiger partial charge >= 0.3 is 0 Å². The topological polar surface area (TPSA) is 150 Å². The molecule has 1 unspecified atom stereocenters. The Morgan fingerprint density at radius 2 is 2.07 bits per heavy atom. The van der Waals surface area contributed by atoms with E-state index in [-0.39, 0.29) is 36.5 Å². The van der Waals surface area contributed by atoms with Crippen LogP contribution in [-0.4, -0.2) is 41.0 Å². The van der Waals surface area contributed by atoms with Crippen LogP contribution in [0.5, 0.6) is 0 Å². The summed E-state index contributed by atoms with van der Waals surface area (Å²) in [6, 6.07) is 8.29. The Bertz CT molecular complexity index is 928. The third-order valence-corrected chi connectivity index (χ3v) is 4.70. The minimum absolute atomic E-state index is 0.0828. The average molecular weight is 399 g/mol. The fraction of sp³-hybridized carbons (Fsp3) is 0.368. The van der Waals surface area contributed by atoms with Gasteiger partial charge in [-0.1, -0.05) is 24.3 Å². The average Bonchev–Trinajstić information content (AvgIpc) is 3.10. The number of benzene rings is 1. The SMILES string of the molecule is Cc1cnc(NC2Cc3ccccc3C2)c(=O)n1C(C=O)NCCON=C(N)N. The summed E-state index contributed by atoms with van der Waals surface area (Å²) in [6.45, 7) is 2.11. The molecule has 0 saturated carbocycles. The Labute approximate surface area is 167 Å². The zero-order chi connectivity index (χ0) is 20.8. The third kappa shape index (κ3) is 4.91. The van der Waals surface area contributed by atoms with Gasteiger partial charge in [-0.05, 0) is 36.0 Å². The van der Waals surface area contributed by atoms with E-state index >= 15 is 0 Å². The first-order chi connectivity index (χ1) is 14.0. The van der Waals surface area contributed by atoms with Crippen molar-refractivity contribution in [2.75, 3.05) is 18.5 Å². The summed E-state index contributed by atoms with van der Waals surface area (Å²) in [5.74, 6) is 0.0294. The molecule has 1 heterocycles. The van der Waals surface area contributed by atoms with Crippen LogP contribution >= 0.6 is 0 Å². The highest BCUT2D eigenvalue weighted by atomic mass is 16.6. The Hall–Kier alpha value is -3.40. The highest BCUT2D eigenvalue weighted by Crippen LogP contribution is 2.23. The van der Waals surface area contributed by atoms with Crippen LogP contribution in [0.25, 0.3) is 0 Å². The first-order valence-electron chi connectivity index (χ1n) is 9.30. The highest BCUT2D eigenvalue weighted by Gasteiger charge is 2.23. The number of fused-ring (bicyclic) bond motifs is 1. The number of hydrogen-bond donors (Lipinski definition) is 4. The van der Waals surface area contributed by atoms with Crippen molar-refractivity contribution in [3.63, 3.8) is 0 Å². The number of aromatic nitrogens is 2. The van der Waals surface area contributed by atoms with Crippen LogP contribution in [0, 0.1) is 6.92 Å². The van der Waals surface area contributed by atoms with Crippen molar-refractivity contribution in [2.24, 2.45) is 16.6 Å². The number of rotatable bonds is 9. The number of oxime groups is 1. The Morgan fingerprint density at radius 1 is 1.38 bits per heavy atom. The molecule has 2 aromatic rings. The fourth-order valence-electron chi connectivity index (χ4n) is 3.42. The van der Waals surface area contributed by atoms with Crippen LogP contribution in [0.2, 0.25) is 0 Å². The van der Waals surface area contributed by atoms with E-state index in [1.165, 1.54) is 15.7 Å². The van der Waals surface area contributed by atoms with Crippen molar-refractivity contribution < 1.29 is 9.63 Å². The van der Waals surface area contributed by atoms with E-state index in [4.69, 9.17) is 16.3 Å². The number of carbonyl (C=O) groups is 1. The molecule has 1 aliphatic rings. The van der Waals surface area contributed by atoms with Crippen LogP contribution < -0.4 is 27.7 Å². The van der Waals surface area contributed by atoms with Gasteiger partial charge in [0.05, 0.1) is 0 Å². The molecule has 10 heteroatoms. The molecule has 0 spiro atoms. The van der Waals surface area contributed by atoms with Gasteiger partial charge in [0.1, 0.15) is 12.8 Å². The Balaban J connectivity index is 1.70. The predicted molar refractivity (Wildman–Crippen MR) is 109 cm³/mol. The molecule has 29 heavy (non-hydrogen) atoms. The molecule has 1 aromatic heterocycles. The number of aldehydes is 1. The summed E-state index contributed by atoms with van der Waals surface area (Å²) in [7, 11) is 0. The second-order valence-electron chi connectivity index (χ2n) is 6.83. The van der Waals surface area contributed by atoms with Crippen molar-refractivity contribution in [1.29, 1.82) is 0 Å². The molecule has 0 amide bonds. The number of aryl methyl sites for hydroxylation is 1. The molecule has 3 rings (SSSR count). The minimum Gasteiger partial charge on any atom is -0.392 e. The number of guanidine groups is 1. The first-order valence-corrected chi connectivity index (χ1v) is 9.30. The minimum atomic E-state index is -0.866. The lowest BCUT2D eigenvalue weighted by Gasteiger charge is -2.20. The zero-order valence-electron chi connectivity index (χ0n) is 16.2. The lowest BCUT2D eigenvalue weighted by atomic mass is 10.1. The maximum Gasteiger partial charge on any atom is 0.295 e. The van der Waals surface area contributed by atoms with Gasteiger partial charge in [-0.2, -0.15) is 0 Å². The molecular formula is C19H25N7O3. The van der Waals surface area contributed by atoms with Crippen molar-refractivity contribution in [1.82, 2.24) is 14.9 Å². The van der Waals surface area contributed by atoms with Crippen LogP contribution in [0.4, 0.5) is 5.82 Å². The molecule has 154 valence electrons. The maximum absolute atomic E-state index is 13.0. The molecular weight excluding hydrogens is 374 g/mol. The van der Waals surface area contributed by atoms with E-state index in [0.717, 1.165) is 12.8 Å². The van der Waals surface area contributed by atoms with Gasteiger partial charge in [0.2, 0.25) is 5.96 Å². The number of nitrogens with one attached hydrogen (secondary N) is 2. The van der Waals surface area contributed by atoms with Crippen molar-refractivity contribution in [3.8, 4) is 0 Å². The molecule has 0 aliphatic heterocycles. The molecule has 10 nitrogen and oxygen atoms in total. The van der Waals surface area contributed by atoms with Crippen molar-refractivity contribution in [2.45, 2.75) is 32.0 Å². The van der Waals surface area contributed by atoms with Crippen LogP contribution in [-0.2, 0) is 22.5 Å². The monoisotopic (exact) mass is 399 g/mol. The van der Waals surface area contributed by atoms with Gasteiger partial charge < -0.3 is 21.6 Å². The number of anilines is 1. The largest absolute Gasteiger partial charge is 0.392 e.